The monoisotopic (exact) mass is 319 g/mol. The van der Waals surface area contributed by atoms with Crippen molar-refractivity contribution in [1.82, 2.24) is 9.55 Å². The van der Waals surface area contributed by atoms with Crippen LogP contribution >= 0.6 is 23.2 Å². The highest BCUT2D eigenvalue weighted by Crippen LogP contribution is 2.32. The highest BCUT2D eigenvalue weighted by molar-refractivity contribution is 6.34. The lowest BCUT2D eigenvalue weighted by Crippen LogP contribution is -2.03. The molecule has 1 heterocycles. The second kappa shape index (κ2) is 5.24. The molecule has 0 amide bonds. The first-order valence-electron chi connectivity index (χ1n) is 6.70. The Labute approximate surface area is 133 Å². The Hall–Kier alpha value is -1.71. The summed E-state index contributed by atoms with van der Waals surface area (Å²) >= 11 is 12.5. The molecule has 3 rings (SSSR count). The summed E-state index contributed by atoms with van der Waals surface area (Å²) in [5.74, 6) is 1.17. The van der Waals surface area contributed by atoms with Crippen molar-refractivity contribution in [2.75, 3.05) is 5.73 Å². The minimum atomic E-state index is 0.244. The van der Waals surface area contributed by atoms with Gasteiger partial charge >= 0.3 is 0 Å². The Morgan fingerprint density at radius 3 is 2.57 bits per heavy atom. The number of hydrogen-bond donors (Lipinski definition) is 1. The third-order valence-electron chi connectivity index (χ3n) is 3.37. The quantitative estimate of drug-likeness (QED) is 0.672. The zero-order valence-corrected chi connectivity index (χ0v) is 13.3. The highest BCUT2D eigenvalue weighted by atomic mass is 35.5. The van der Waals surface area contributed by atoms with E-state index < -0.39 is 0 Å². The molecular formula is C16H15Cl2N3. The van der Waals surface area contributed by atoms with E-state index in [-0.39, 0.29) is 5.92 Å². The Balaban J connectivity index is 2.39. The van der Waals surface area contributed by atoms with Crippen molar-refractivity contribution in [3.63, 3.8) is 0 Å². The maximum Gasteiger partial charge on any atom is 0.117 e. The van der Waals surface area contributed by atoms with Crippen LogP contribution in [-0.2, 0) is 0 Å². The first-order valence-corrected chi connectivity index (χ1v) is 7.46. The van der Waals surface area contributed by atoms with Crippen LogP contribution in [0.5, 0.6) is 0 Å². The lowest BCUT2D eigenvalue weighted by atomic mass is 10.2. The molecule has 1 aromatic heterocycles. The lowest BCUT2D eigenvalue weighted by Gasteiger charge is -2.13. The topological polar surface area (TPSA) is 43.8 Å². The van der Waals surface area contributed by atoms with E-state index in [1.54, 1.807) is 12.1 Å². The van der Waals surface area contributed by atoms with Gasteiger partial charge < -0.3 is 5.73 Å². The fraction of sp³-hybridized carbons (Fsp3) is 0.188. The molecule has 0 spiro atoms. The van der Waals surface area contributed by atoms with Gasteiger partial charge in [0.25, 0.3) is 0 Å². The van der Waals surface area contributed by atoms with Crippen LogP contribution in [-0.4, -0.2) is 9.55 Å². The van der Waals surface area contributed by atoms with E-state index >= 15 is 0 Å². The molecule has 3 aromatic rings. The molecule has 108 valence electrons. The fourth-order valence-electron chi connectivity index (χ4n) is 2.41. The largest absolute Gasteiger partial charge is 0.399 e. The van der Waals surface area contributed by atoms with E-state index in [1.807, 2.05) is 28.8 Å². The SMILES string of the molecule is CC(C)c1nc2cc(N)ccc2n1-c1cc(Cl)ccc1Cl. The predicted molar refractivity (Wildman–Crippen MR) is 89.6 cm³/mol. The number of benzene rings is 2. The molecule has 21 heavy (non-hydrogen) atoms. The van der Waals surface area contributed by atoms with Crippen molar-refractivity contribution < 1.29 is 0 Å². The third kappa shape index (κ3) is 2.47. The van der Waals surface area contributed by atoms with E-state index in [2.05, 4.69) is 13.8 Å². The molecule has 0 aliphatic heterocycles. The van der Waals surface area contributed by atoms with Gasteiger partial charge in [-0.3, -0.25) is 4.57 Å². The van der Waals surface area contributed by atoms with E-state index in [9.17, 15) is 0 Å². The summed E-state index contributed by atoms with van der Waals surface area (Å²) in [6.45, 7) is 4.19. The summed E-state index contributed by atoms with van der Waals surface area (Å²) in [6.07, 6.45) is 0. The summed E-state index contributed by atoms with van der Waals surface area (Å²) in [4.78, 5) is 4.70. The maximum absolute atomic E-state index is 6.36. The van der Waals surface area contributed by atoms with Crippen molar-refractivity contribution in [2.24, 2.45) is 0 Å². The summed E-state index contributed by atoms with van der Waals surface area (Å²) in [6, 6.07) is 11.1. The number of rotatable bonds is 2. The molecular weight excluding hydrogens is 305 g/mol. The van der Waals surface area contributed by atoms with Crippen LogP contribution in [0.1, 0.15) is 25.6 Å². The number of nitrogen functional groups attached to an aromatic ring is 1. The van der Waals surface area contributed by atoms with Crippen LogP contribution in [0.25, 0.3) is 16.7 Å². The van der Waals surface area contributed by atoms with Gasteiger partial charge in [-0.2, -0.15) is 0 Å². The lowest BCUT2D eigenvalue weighted by molar-refractivity contribution is 0.760. The summed E-state index contributed by atoms with van der Waals surface area (Å²) in [5, 5.41) is 1.28. The Bertz CT molecular complexity index is 822. The molecule has 0 saturated heterocycles. The number of nitrogens with zero attached hydrogens (tertiary/aromatic N) is 2. The molecule has 0 bridgehead atoms. The minimum absolute atomic E-state index is 0.244. The standard InChI is InChI=1S/C16H15Cl2N3/c1-9(2)16-20-13-8-11(19)4-6-14(13)21(16)15-7-10(17)3-5-12(15)18/h3-9H,19H2,1-2H3. The first kappa shape index (κ1) is 14.2. The van der Waals surface area contributed by atoms with E-state index in [0.717, 1.165) is 22.5 Å². The van der Waals surface area contributed by atoms with Gasteiger partial charge in [-0.25, -0.2) is 4.98 Å². The smallest absolute Gasteiger partial charge is 0.117 e. The predicted octanol–water partition coefficient (Wildman–Crippen LogP) is 5.04. The fourth-order valence-corrected chi connectivity index (χ4v) is 2.78. The number of anilines is 1. The van der Waals surface area contributed by atoms with Crippen LogP contribution in [0.4, 0.5) is 5.69 Å². The minimum Gasteiger partial charge on any atom is -0.399 e. The van der Waals surface area contributed by atoms with Crippen molar-refractivity contribution in [3.8, 4) is 5.69 Å². The van der Waals surface area contributed by atoms with Gasteiger partial charge in [-0.15, -0.1) is 0 Å². The third-order valence-corrected chi connectivity index (χ3v) is 3.92. The van der Waals surface area contributed by atoms with Gasteiger partial charge in [0.05, 0.1) is 21.7 Å². The zero-order valence-electron chi connectivity index (χ0n) is 11.8. The van der Waals surface area contributed by atoms with E-state index in [4.69, 9.17) is 33.9 Å². The van der Waals surface area contributed by atoms with Crippen LogP contribution in [0, 0.1) is 0 Å². The number of hydrogen-bond acceptors (Lipinski definition) is 2. The highest BCUT2D eigenvalue weighted by Gasteiger charge is 2.17. The summed E-state index contributed by atoms with van der Waals surface area (Å²) < 4.78 is 2.05. The van der Waals surface area contributed by atoms with Crippen LogP contribution < -0.4 is 5.73 Å². The molecule has 0 atom stereocenters. The molecule has 2 aromatic carbocycles. The maximum atomic E-state index is 6.36. The molecule has 0 unspecified atom stereocenters. The van der Waals surface area contributed by atoms with Gasteiger partial charge in [0, 0.05) is 16.6 Å². The van der Waals surface area contributed by atoms with Gasteiger partial charge in [0.1, 0.15) is 5.82 Å². The Morgan fingerprint density at radius 2 is 1.86 bits per heavy atom. The molecule has 5 heteroatoms. The second-order valence-electron chi connectivity index (χ2n) is 5.30. The number of aromatic nitrogens is 2. The van der Waals surface area contributed by atoms with E-state index in [0.29, 0.717) is 15.7 Å². The number of imidazole rings is 1. The molecule has 0 fully saturated rings. The average Bonchev–Trinajstić information content (AvgIpc) is 2.80. The van der Waals surface area contributed by atoms with Crippen molar-refractivity contribution in [2.45, 2.75) is 19.8 Å². The number of halogens is 2. The molecule has 2 N–H and O–H groups in total. The molecule has 0 aliphatic carbocycles. The summed E-state index contributed by atoms with van der Waals surface area (Å²) in [7, 11) is 0. The normalized spacial score (nSPS) is 11.5. The number of fused-ring (bicyclic) bond motifs is 1. The van der Waals surface area contributed by atoms with Crippen molar-refractivity contribution >= 4 is 39.9 Å². The summed E-state index contributed by atoms with van der Waals surface area (Å²) in [5.41, 5.74) is 9.21. The second-order valence-corrected chi connectivity index (χ2v) is 6.15. The van der Waals surface area contributed by atoms with Crippen LogP contribution in [0.2, 0.25) is 10.0 Å². The first-order chi connectivity index (χ1) is 9.97. The van der Waals surface area contributed by atoms with Crippen LogP contribution in [0.3, 0.4) is 0 Å². The van der Waals surface area contributed by atoms with Gasteiger partial charge in [0.2, 0.25) is 0 Å². The molecule has 0 aliphatic rings. The van der Waals surface area contributed by atoms with Crippen molar-refractivity contribution in [1.29, 1.82) is 0 Å². The van der Waals surface area contributed by atoms with Gasteiger partial charge in [-0.05, 0) is 36.4 Å². The Kier molecular flexibility index (Phi) is 3.56. The Morgan fingerprint density at radius 1 is 1.10 bits per heavy atom. The number of nitrogens with two attached hydrogens (primary N) is 1. The van der Waals surface area contributed by atoms with E-state index in [1.165, 1.54) is 0 Å². The van der Waals surface area contributed by atoms with Gasteiger partial charge in [0.15, 0.2) is 0 Å². The molecule has 3 nitrogen and oxygen atoms in total. The van der Waals surface area contributed by atoms with Crippen LogP contribution in [0.15, 0.2) is 36.4 Å². The molecule has 0 radical (unpaired) electrons. The molecule has 0 saturated carbocycles. The van der Waals surface area contributed by atoms with Gasteiger partial charge in [-0.1, -0.05) is 37.0 Å². The van der Waals surface area contributed by atoms with Crippen molar-refractivity contribution in [3.05, 3.63) is 52.3 Å². The zero-order chi connectivity index (χ0) is 15.1. The average molecular weight is 320 g/mol.